The van der Waals surface area contributed by atoms with Gasteiger partial charge in [-0.2, -0.15) is 4.73 Å². The van der Waals surface area contributed by atoms with Crippen LogP contribution < -0.4 is 32.8 Å². The molecule has 52 heavy (non-hydrogen) atoms. The van der Waals surface area contributed by atoms with E-state index in [1.807, 2.05) is 0 Å². The van der Waals surface area contributed by atoms with Gasteiger partial charge in [0.25, 0.3) is 17.7 Å². The second kappa shape index (κ2) is 15.3. The smallest absolute Gasteiger partial charge is 0.352 e. The van der Waals surface area contributed by atoms with E-state index in [0.29, 0.717) is 22.2 Å². The number of carbonyl (C=O) groups is 5. The van der Waals surface area contributed by atoms with Gasteiger partial charge in [-0.3, -0.25) is 24.1 Å². The van der Waals surface area contributed by atoms with E-state index in [1.54, 1.807) is 11.1 Å². The number of pyridine rings is 1. The molecule has 276 valence electrons. The lowest BCUT2D eigenvalue weighted by atomic mass is 10.0. The van der Waals surface area contributed by atoms with E-state index in [0.717, 1.165) is 22.3 Å². The number of aliphatic carboxylic acids is 2. The predicted octanol–water partition coefficient (Wildman–Crippen LogP) is -2.75. The highest BCUT2D eigenvalue weighted by Gasteiger charge is 2.54. The lowest BCUT2D eigenvalue weighted by molar-refractivity contribution is -0.150. The first-order valence-electron chi connectivity index (χ1n) is 15.0. The number of fused-ring (bicyclic) bond motifs is 1. The molecule has 0 spiro atoms. The number of amidine groups is 1. The third kappa shape index (κ3) is 7.86. The fraction of sp³-hybridized carbons (Fsp3) is 0.321. The fourth-order valence-electron chi connectivity index (χ4n) is 4.96. The molecule has 2 aromatic rings. The number of β-lactam (4-membered cyclic amide) rings is 1. The zero-order valence-electron chi connectivity index (χ0n) is 26.9. The molecular weight excluding hydrogens is 731 g/mol. The second-order valence-corrected chi connectivity index (χ2v) is 13.1. The number of thiazole rings is 1. The van der Waals surface area contributed by atoms with E-state index in [1.165, 1.54) is 24.1 Å². The van der Waals surface area contributed by atoms with Gasteiger partial charge in [0.05, 0.1) is 11.9 Å². The number of rotatable bonds is 14. The molecule has 2 aromatic heterocycles. The van der Waals surface area contributed by atoms with Gasteiger partial charge in [-0.25, -0.2) is 19.6 Å². The van der Waals surface area contributed by atoms with Gasteiger partial charge in [0.15, 0.2) is 16.6 Å². The molecule has 3 aliphatic heterocycles. The van der Waals surface area contributed by atoms with E-state index in [4.69, 9.17) is 21.4 Å². The molecule has 5 heterocycles. The van der Waals surface area contributed by atoms with E-state index < -0.39 is 69.8 Å². The Balaban J connectivity index is 1.22. The van der Waals surface area contributed by atoms with Crippen LogP contribution in [0.5, 0.6) is 5.75 Å². The SMILES string of the molecule is C[C@H](O/N=C(\C(=O)N[C@@H]1C(=O)N2C(C(=O)O)=C(CN3C=C(NCCNC(=O)c4cc(=O)c(O)cn4O)C(N)=NC3)CSC12)c1csc(N)n1)C(=O)O. The molecule has 0 saturated carbocycles. The predicted molar refractivity (Wildman–Crippen MR) is 182 cm³/mol. The van der Waals surface area contributed by atoms with Gasteiger partial charge in [0, 0.05) is 43.0 Å². The van der Waals surface area contributed by atoms with Crippen molar-refractivity contribution >= 4 is 69.4 Å². The van der Waals surface area contributed by atoms with Crippen LogP contribution in [0.2, 0.25) is 0 Å². The van der Waals surface area contributed by atoms with Crippen molar-refractivity contribution in [2.24, 2.45) is 15.9 Å². The molecule has 0 bridgehead atoms. The van der Waals surface area contributed by atoms with Crippen LogP contribution in [-0.4, -0.2) is 131 Å². The van der Waals surface area contributed by atoms with Crippen molar-refractivity contribution < 1.29 is 49.3 Å². The number of carboxylic acids is 2. The number of nitrogens with one attached hydrogen (secondary N) is 3. The Hall–Kier alpha value is -6.30. The topological polar surface area (TPSA) is 330 Å². The summed E-state index contributed by atoms with van der Waals surface area (Å²) >= 11 is 2.20. The van der Waals surface area contributed by atoms with Gasteiger partial charge in [-0.1, -0.05) is 5.16 Å². The van der Waals surface area contributed by atoms with Gasteiger partial charge < -0.3 is 57.7 Å². The largest absolute Gasteiger partial charge is 0.503 e. The molecule has 3 amide bonds. The van der Waals surface area contributed by atoms with Gasteiger partial charge in [0.2, 0.25) is 11.5 Å². The number of carboxylic acid groups (broad SMARTS) is 2. The highest BCUT2D eigenvalue weighted by atomic mass is 32.2. The molecule has 3 atom stereocenters. The first-order chi connectivity index (χ1) is 24.7. The first-order valence-corrected chi connectivity index (χ1v) is 16.9. The van der Waals surface area contributed by atoms with Crippen molar-refractivity contribution in [1.29, 1.82) is 0 Å². The number of hydrogen-bond acceptors (Lipinski definition) is 18. The minimum atomic E-state index is -1.41. The minimum absolute atomic E-state index is 0.0132. The van der Waals surface area contributed by atoms with Crippen LogP contribution in [0.15, 0.2) is 55.8 Å². The third-order valence-corrected chi connectivity index (χ3v) is 9.55. The fourth-order valence-corrected chi connectivity index (χ4v) is 6.84. The Kier molecular flexibility index (Phi) is 10.9. The maximum absolute atomic E-state index is 13.3. The van der Waals surface area contributed by atoms with Crippen LogP contribution in [-0.2, 0) is 24.0 Å². The van der Waals surface area contributed by atoms with E-state index in [-0.39, 0.29) is 54.4 Å². The first kappa shape index (κ1) is 37.0. The lowest BCUT2D eigenvalue weighted by Crippen LogP contribution is -2.71. The number of oxime groups is 1. The summed E-state index contributed by atoms with van der Waals surface area (Å²) in [6, 6.07) is -0.379. The van der Waals surface area contributed by atoms with Crippen molar-refractivity contribution in [1.82, 2.24) is 35.5 Å². The molecule has 0 aromatic carbocycles. The lowest BCUT2D eigenvalue weighted by Gasteiger charge is -2.49. The Bertz CT molecular complexity index is 2010. The van der Waals surface area contributed by atoms with E-state index >= 15 is 0 Å². The Morgan fingerprint density at radius 3 is 2.62 bits per heavy atom. The average molecular weight is 762 g/mol. The summed E-state index contributed by atoms with van der Waals surface area (Å²) in [4.78, 5) is 90.0. The molecule has 24 heteroatoms. The maximum Gasteiger partial charge on any atom is 0.352 e. The van der Waals surface area contributed by atoms with Crippen molar-refractivity contribution in [2.45, 2.75) is 24.4 Å². The van der Waals surface area contributed by atoms with Gasteiger partial charge >= 0.3 is 11.9 Å². The number of anilines is 1. The quantitative estimate of drug-likeness (QED) is 0.0310. The standard InChI is InChI=1S/C28H31N11O11S2/c1-11(26(45)46)50-36-18(14-9-52-28(30)34-14)23(43)35-19-24(44)39-20(27(47)48)12(8-51-25(19)39)5-37-6-13(21(29)33-10-37)31-2-3-32-22(42)15-4-16(40)17(41)7-38(15)49/h4,6-7,9,11,19,25,31,41,49H,2-3,5,8,10H2,1H3,(H2,29,33)(H2,30,34)(H,32,42)(H,35,43)(H,45,46)(H,47,48)/b36-18-/t11-,19+,25?/m0/s1. The number of aliphatic imine (C=N–C) groups is 1. The molecule has 1 fully saturated rings. The van der Waals surface area contributed by atoms with Crippen LogP contribution in [0.25, 0.3) is 0 Å². The van der Waals surface area contributed by atoms with Crippen LogP contribution in [0.3, 0.4) is 0 Å². The van der Waals surface area contributed by atoms with Gasteiger partial charge in [-0.05, 0) is 12.5 Å². The van der Waals surface area contributed by atoms with Crippen LogP contribution in [0.1, 0.15) is 23.1 Å². The molecule has 3 aliphatic rings. The molecule has 5 rings (SSSR count). The average Bonchev–Trinajstić information content (AvgIpc) is 3.53. The molecule has 11 N–H and O–H groups in total. The number of thioether (sulfide) groups is 1. The Morgan fingerprint density at radius 1 is 1.19 bits per heavy atom. The molecule has 22 nitrogen and oxygen atoms in total. The van der Waals surface area contributed by atoms with Crippen molar-refractivity contribution in [3.8, 4) is 5.75 Å². The van der Waals surface area contributed by atoms with Crippen LogP contribution in [0.4, 0.5) is 5.13 Å². The highest BCUT2D eigenvalue weighted by Crippen LogP contribution is 2.40. The molecule has 0 radical (unpaired) electrons. The number of carbonyl (C=O) groups excluding carboxylic acids is 3. The summed E-state index contributed by atoms with van der Waals surface area (Å²) in [7, 11) is 0. The van der Waals surface area contributed by atoms with Gasteiger partial charge in [0.1, 0.15) is 41.0 Å². The zero-order valence-corrected chi connectivity index (χ0v) is 28.5. The summed E-state index contributed by atoms with van der Waals surface area (Å²) in [6.45, 7) is 1.43. The van der Waals surface area contributed by atoms with Crippen molar-refractivity contribution in [3.05, 3.63) is 62.4 Å². The molecule has 1 unspecified atom stereocenters. The Morgan fingerprint density at radius 2 is 1.94 bits per heavy atom. The van der Waals surface area contributed by atoms with Crippen molar-refractivity contribution in [3.63, 3.8) is 0 Å². The number of nitrogens with two attached hydrogens (primary N) is 2. The monoisotopic (exact) mass is 761 g/mol. The minimum Gasteiger partial charge on any atom is -0.503 e. The summed E-state index contributed by atoms with van der Waals surface area (Å²) in [5.41, 5.74) is 10.5. The number of nitrogens with zero attached hydrogens (tertiary/aromatic N) is 6. The molecular formula is C28H31N11O11S2. The van der Waals surface area contributed by atoms with E-state index in [2.05, 4.69) is 31.1 Å². The summed E-state index contributed by atoms with van der Waals surface area (Å²) in [5.74, 6) is -5.55. The number of hydrogen-bond donors (Lipinski definition) is 9. The molecule has 1 saturated heterocycles. The molecule has 0 aliphatic carbocycles. The number of aromatic hydroxyl groups is 1. The Labute approximate surface area is 300 Å². The summed E-state index contributed by atoms with van der Waals surface area (Å²) in [5, 5.41) is 50.8. The zero-order chi connectivity index (χ0) is 37.9. The summed E-state index contributed by atoms with van der Waals surface area (Å²) < 4.78 is 0.316. The normalized spacial score (nSPS) is 19.1. The number of aromatic nitrogens is 2. The van der Waals surface area contributed by atoms with E-state index in [9.17, 15) is 44.2 Å². The van der Waals surface area contributed by atoms with Gasteiger partial charge in [-0.15, -0.1) is 23.1 Å². The maximum atomic E-state index is 13.3. The number of nitrogen functional groups attached to an aromatic ring is 1. The van der Waals surface area contributed by atoms with Crippen molar-refractivity contribution in [2.75, 3.05) is 37.8 Å². The van der Waals surface area contributed by atoms with Crippen LogP contribution in [0, 0.1) is 0 Å². The number of amides is 3. The highest BCUT2D eigenvalue weighted by molar-refractivity contribution is 8.00. The second-order valence-electron chi connectivity index (χ2n) is 11.1. The van der Waals surface area contributed by atoms with Crippen LogP contribution >= 0.6 is 23.1 Å². The third-order valence-electron chi connectivity index (χ3n) is 7.54. The summed E-state index contributed by atoms with van der Waals surface area (Å²) in [6.07, 6.45) is 0.879.